The van der Waals surface area contributed by atoms with Gasteiger partial charge in [0.1, 0.15) is 0 Å². The first kappa shape index (κ1) is 24.1. The molecule has 1 heteroatoms. The van der Waals surface area contributed by atoms with E-state index in [1.807, 2.05) is 11.8 Å². The lowest BCUT2D eigenvalue weighted by Crippen LogP contribution is -2.20. The van der Waals surface area contributed by atoms with Gasteiger partial charge in [-0.1, -0.05) is 114 Å². The Morgan fingerprint density at radius 2 is 1.33 bits per heavy atom. The molecule has 0 spiro atoms. The van der Waals surface area contributed by atoms with Crippen LogP contribution in [0.2, 0.25) is 0 Å². The molecule has 1 aliphatic carbocycles. The van der Waals surface area contributed by atoms with Crippen LogP contribution in [0.1, 0.15) is 89.3 Å². The van der Waals surface area contributed by atoms with Crippen LogP contribution in [-0.2, 0) is 5.41 Å². The second-order valence-corrected chi connectivity index (χ2v) is 12.0. The van der Waals surface area contributed by atoms with Crippen molar-refractivity contribution in [1.29, 1.82) is 0 Å². The fraction of sp³-hybridized carbons (Fsp3) is 0.438. The third-order valence-corrected chi connectivity index (χ3v) is 8.28. The van der Waals surface area contributed by atoms with Gasteiger partial charge in [-0.05, 0) is 64.9 Å². The van der Waals surface area contributed by atoms with Gasteiger partial charge in [0.2, 0.25) is 0 Å². The van der Waals surface area contributed by atoms with E-state index < -0.39 is 0 Å². The molecule has 1 unspecified atom stereocenters. The molecule has 0 nitrogen and oxygen atoms in total. The van der Waals surface area contributed by atoms with Gasteiger partial charge in [0.25, 0.3) is 0 Å². The first-order chi connectivity index (χ1) is 15.9. The second-order valence-electron chi connectivity index (χ2n) is 10.4. The molecule has 1 aliphatic rings. The van der Waals surface area contributed by atoms with Crippen LogP contribution in [-0.4, -0.2) is 5.25 Å². The van der Waals surface area contributed by atoms with Gasteiger partial charge in [0.15, 0.2) is 0 Å². The van der Waals surface area contributed by atoms with E-state index in [-0.39, 0.29) is 5.41 Å². The molecule has 0 saturated carbocycles. The molecule has 0 saturated heterocycles. The van der Waals surface area contributed by atoms with Crippen LogP contribution in [0.25, 0.3) is 22.3 Å². The molecule has 33 heavy (non-hydrogen) atoms. The number of hydrogen-bond donors (Lipinski definition) is 0. The van der Waals surface area contributed by atoms with E-state index in [2.05, 4.69) is 95.3 Å². The summed E-state index contributed by atoms with van der Waals surface area (Å²) in [6.45, 7) is 11.5. The van der Waals surface area contributed by atoms with Crippen molar-refractivity contribution in [2.24, 2.45) is 0 Å². The Bertz CT molecular complexity index is 1080. The quantitative estimate of drug-likeness (QED) is 0.216. The number of fused-ring (bicyclic) bond motifs is 3. The highest BCUT2D eigenvalue weighted by Crippen LogP contribution is 2.52. The SMILES string of the molecule is CCCCCCCCC1(C)c2cc(C)ccc2-c2ccc(-c3ccc(SC(C)C)cc3)cc21. The summed E-state index contributed by atoms with van der Waals surface area (Å²) in [4.78, 5) is 1.35. The maximum atomic E-state index is 2.50. The maximum absolute atomic E-state index is 2.50. The molecule has 0 aliphatic heterocycles. The lowest BCUT2D eigenvalue weighted by atomic mass is 9.75. The molecule has 0 fully saturated rings. The molecule has 3 aromatic carbocycles. The van der Waals surface area contributed by atoms with E-state index in [0.717, 1.165) is 0 Å². The van der Waals surface area contributed by atoms with Gasteiger partial charge in [-0.25, -0.2) is 0 Å². The normalized spacial score (nSPS) is 16.8. The summed E-state index contributed by atoms with van der Waals surface area (Å²) in [7, 11) is 0. The summed E-state index contributed by atoms with van der Waals surface area (Å²) in [6.07, 6.45) is 9.33. The first-order valence-corrected chi connectivity index (χ1v) is 13.8. The van der Waals surface area contributed by atoms with Crippen molar-refractivity contribution in [3.8, 4) is 22.3 Å². The van der Waals surface area contributed by atoms with Gasteiger partial charge < -0.3 is 0 Å². The average molecular weight is 457 g/mol. The van der Waals surface area contributed by atoms with E-state index in [1.54, 1.807) is 0 Å². The highest BCUT2D eigenvalue weighted by Gasteiger charge is 2.39. The highest BCUT2D eigenvalue weighted by molar-refractivity contribution is 7.99. The zero-order valence-electron chi connectivity index (χ0n) is 21.2. The van der Waals surface area contributed by atoms with Crippen LogP contribution in [0.3, 0.4) is 0 Å². The zero-order valence-corrected chi connectivity index (χ0v) is 22.0. The van der Waals surface area contributed by atoms with Crippen LogP contribution in [0.15, 0.2) is 65.6 Å². The topological polar surface area (TPSA) is 0 Å². The molecular weight excluding hydrogens is 416 g/mol. The Morgan fingerprint density at radius 3 is 2.03 bits per heavy atom. The molecule has 0 N–H and O–H groups in total. The van der Waals surface area contributed by atoms with E-state index in [4.69, 9.17) is 0 Å². The van der Waals surface area contributed by atoms with Crippen molar-refractivity contribution < 1.29 is 0 Å². The van der Waals surface area contributed by atoms with Gasteiger partial charge in [-0.15, -0.1) is 11.8 Å². The van der Waals surface area contributed by atoms with E-state index in [1.165, 1.54) is 88.8 Å². The fourth-order valence-electron chi connectivity index (χ4n) is 5.44. The minimum atomic E-state index is 0.102. The molecule has 1 atom stereocenters. The van der Waals surface area contributed by atoms with Crippen molar-refractivity contribution in [1.82, 2.24) is 0 Å². The summed E-state index contributed by atoms with van der Waals surface area (Å²) >= 11 is 1.93. The molecule has 3 aromatic rings. The fourth-order valence-corrected chi connectivity index (χ4v) is 6.27. The molecule has 174 valence electrons. The molecule has 0 radical (unpaired) electrons. The van der Waals surface area contributed by atoms with Crippen molar-refractivity contribution in [2.75, 3.05) is 0 Å². The third-order valence-electron chi connectivity index (χ3n) is 7.26. The number of benzene rings is 3. The maximum Gasteiger partial charge on any atom is 0.0187 e. The smallest absolute Gasteiger partial charge is 0.0187 e. The van der Waals surface area contributed by atoms with Crippen LogP contribution in [0, 0.1) is 6.92 Å². The first-order valence-electron chi connectivity index (χ1n) is 13.0. The molecule has 4 rings (SSSR count). The molecule has 0 heterocycles. The standard InChI is InChI=1S/C32H40S/c1-6-7-8-9-10-11-20-32(5)30-21-24(4)12-18-28(30)29-19-15-26(22-31(29)32)25-13-16-27(17-14-25)33-23(2)3/h12-19,21-23H,6-11,20H2,1-5H3. The van der Waals surface area contributed by atoms with E-state index in [9.17, 15) is 0 Å². The summed E-state index contributed by atoms with van der Waals surface area (Å²) in [5.74, 6) is 0. The molecule has 0 amide bonds. The second kappa shape index (κ2) is 10.5. The van der Waals surface area contributed by atoms with Crippen LogP contribution in [0.5, 0.6) is 0 Å². The summed E-state index contributed by atoms with van der Waals surface area (Å²) in [5.41, 5.74) is 10.1. The Kier molecular flexibility index (Phi) is 7.69. The van der Waals surface area contributed by atoms with Crippen molar-refractivity contribution in [3.63, 3.8) is 0 Å². The van der Waals surface area contributed by atoms with E-state index >= 15 is 0 Å². The predicted molar refractivity (Wildman–Crippen MR) is 147 cm³/mol. The lowest BCUT2D eigenvalue weighted by Gasteiger charge is -2.28. The third kappa shape index (κ3) is 5.24. The Labute approximate surface area is 206 Å². The lowest BCUT2D eigenvalue weighted by molar-refractivity contribution is 0.480. The monoisotopic (exact) mass is 456 g/mol. The summed E-state index contributed by atoms with van der Waals surface area (Å²) < 4.78 is 0. The Hall–Kier alpha value is -1.99. The van der Waals surface area contributed by atoms with Crippen LogP contribution < -0.4 is 0 Å². The van der Waals surface area contributed by atoms with Crippen molar-refractivity contribution in [3.05, 3.63) is 77.4 Å². The number of unbranched alkanes of at least 4 members (excludes halogenated alkanes) is 5. The predicted octanol–water partition coefficient (Wildman–Crippen LogP) is 10.2. The van der Waals surface area contributed by atoms with Gasteiger partial charge in [0, 0.05) is 15.6 Å². The van der Waals surface area contributed by atoms with E-state index in [0.29, 0.717) is 5.25 Å². The zero-order chi connectivity index (χ0) is 23.4. The van der Waals surface area contributed by atoms with Crippen molar-refractivity contribution >= 4 is 11.8 Å². The minimum absolute atomic E-state index is 0.102. The number of rotatable bonds is 10. The van der Waals surface area contributed by atoms with Gasteiger partial charge in [-0.3, -0.25) is 0 Å². The van der Waals surface area contributed by atoms with Crippen LogP contribution >= 0.6 is 11.8 Å². The average Bonchev–Trinajstić information content (AvgIpc) is 3.04. The van der Waals surface area contributed by atoms with Gasteiger partial charge in [0.05, 0.1) is 0 Å². The Balaban J connectivity index is 1.64. The summed E-state index contributed by atoms with van der Waals surface area (Å²) in [6, 6.07) is 23.4. The molecule has 0 bridgehead atoms. The summed E-state index contributed by atoms with van der Waals surface area (Å²) in [5, 5.41) is 0.612. The molecular formula is C32H40S. The van der Waals surface area contributed by atoms with Crippen molar-refractivity contribution in [2.45, 2.75) is 95.1 Å². The Morgan fingerprint density at radius 1 is 0.727 bits per heavy atom. The largest absolute Gasteiger partial charge is 0.123 e. The number of aryl methyl sites for hydroxylation is 1. The minimum Gasteiger partial charge on any atom is -0.123 e. The molecule has 0 aromatic heterocycles. The van der Waals surface area contributed by atoms with Gasteiger partial charge in [-0.2, -0.15) is 0 Å². The number of thioether (sulfide) groups is 1. The highest BCUT2D eigenvalue weighted by atomic mass is 32.2. The van der Waals surface area contributed by atoms with Crippen LogP contribution in [0.4, 0.5) is 0 Å². The van der Waals surface area contributed by atoms with Gasteiger partial charge >= 0.3 is 0 Å². The number of hydrogen-bond acceptors (Lipinski definition) is 1.